The van der Waals surface area contributed by atoms with Gasteiger partial charge in [-0.2, -0.15) is 5.10 Å². The number of hydrogen-bond acceptors (Lipinski definition) is 4. The summed E-state index contributed by atoms with van der Waals surface area (Å²) in [5.74, 6) is -0.531. The first-order chi connectivity index (χ1) is 17.7. The maximum absolute atomic E-state index is 13.6. The average molecular weight is 512 g/mol. The van der Waals surface area contributed by atoms with E-state index in [1.807, 2.05) is 39.0 Å². The van der Waals surface area contributed by atoms with Crippen molar-refractivity contribution in [1.82, 2.24) is 5.43 Å². The van der Waals surface area contributed by atoms with Crippen LogP contribution in [0.4, 0.5) is 5.69 Å². The SMILES string of the molecule is Cc1ccc(S(=O)(=O)N(CC(=O)N/N=C/c2ccc3c4c(cccc24)CC3)c2cc(C)cc(C)c2)cc1. The number of aryl methyl sites for hydroxylation is 5. The fourth-order valence-corrected chi connectivity index (χ4v) is 6.37. The minimum absolute atomic E-state index is 0.126. The predicted octanol–water partition coefficient (Wildman–Crippen LogP) is 5.21. The van der Waals surface area contributed by atoms with Gasteiger partial charge in [0.15, 0.2) is 0 Å². The van der Waals surface area contributed by atoms with Crippen LogP contribution < -0.4 is 9.73 Å². The van der Waals surface area contributed by atoms with Crippen molar-refractivity contribution in [3.05, 3.63) is 106 Å². The molecule has 0 aliphatic heterocycles. The molecule has 0 fully saturated rings. The maximum atomic E-state index is 13.6. The van der Waals surface area contributed by atoms with Crippen molar-refractivity contribution in [1.29, 1.82) is 0 Å². The van der Waals surface area contributed by atoms with Crippen LogP contribution in [0.25, 0.3) is 10.8 Å². The third-order valence-electron chi connectivity index (χ3n) is 6.69. The van der Waals surface area contributed by atoms with E-state index < -0.39 is 22.5 Å². The first kappa shape index (κ1) is 24.7. The summed E-state index contributed by atoms with van der Waals surface area (Å²) < 4.78 is 28.4. The van der Waals surface area contributed by atoms with E-state index in [0.717, 1.165) is 44.8 Å². The highest BCUT2D eigenvalue weighted by Crippen LogP contribution is 2.32. The molecule has 4 aromatic carbocycles. The van der Waals surface area contributed by atoms with Gasteiger partial charge >= 0.3 is 0 Å². The summed E-state index contributed by atoms with van der Waals surface area (Å²) in [7, 11) is -3.99. The smallest absolute Gasteiger partial charge is 0.264 e. The second-order valence-electron chi connectivity index (χ2n) is 9.62. The third-order valence-corrected chi connectivity index (χ3v) is 8.48. The van der Waals surface area contributed by atoms with E-state index in [1.165, 1.54) is 16.5 Å². The van der Waals surface area contributed by atoms with E-state index in [0.29, 0.717) is 5.69 Å². The van der Waals surface area contributed by atoms with Gasteiger partial charge in [-0.05, 0) is 90.9 Å². The first-order valence-corrected chi connectivity index (χ1v) is 13.7. The van der Waals surface area contributed by atoms with Crippen LogP contribution in [0, 0.1) is 20.8 Å². The third kappa shape index (κ3) is 5.00. The summed E-state index contributed by atoms with van der Waals surface area (Å²) >= 11 is 0. The van der Waals surface area contributed by atoms with Crippen molar-refractivity contribution in [3.8, 4) is 0 Å². The van der Waals surface area contributed by atoms with E-state index in [1.54, 1.807) is 42.6 Å². The predicted molar refractivity (Wildman–Crippen MR) is 149 cm³/mol. The second kappa shape index (κ2) is 9.82. The molecule has 0 spiro atoms. The lowest BCUT2D eigenvalue weighted by Gasteiger charge is -2.24. The quantitative estimate of drug-likeness (QED) is 0.273. The summed E-state index contributed by atoms with van der Waals surface area (Å²) in [6, 6.07) is 22.5. The molecule has 0 saturated heterocycles. The Morgan fingerprint density at radius 1 is 0.892 bits per heavy atom. The summed E-state index contributed by atoms with van der Waals surface area (Å²) in [5, 5.41) is 6.54. The Labute approximate surface area is 217 Å². The van der Waals surface area contributed by atoms with E-state index >= 15 is 0 Å². The molecule has 7 heteroatoms. The number of anilines is 1. The molecular weight excluding hydrogens is 482 g/mol. The Balaban J connectivity index is 1.41. The van der Waals surface area contributed by atoms with E-state index in [-0.39, 0.29) is 4.90 Å². The molecule has 0 atom stereocenters. The average Bonchev–Trinajstić information content (AvgIpc) is 3.28. The molecule has 1 aliphatic rings. The molecule has 4 aromatic rings. The molecule has 0 aromatic heterocycles. The Morgan fingerprint density at radius 2 is 1.57 bits per heavy atom. The Morgan fingerprint density at radius 3 is 2.27 bits per heavy atom. The highest BCUT2D eigenvalue weighted by Gasteiger charge is 2.27. The molecule has 6 nitrogen and oxygen atoms in total. The Bertz CT molecular complexity index is 1610. The summed E-state index contributed by atoms with van der Waals surface area (Å²) in [6.45, 7) is 5.29. The molecular formula is C30H29N3O3S. The number of rotatable bonds is 7. The Hall–Kier alpha value is -3.97. The highest BCUT2D eigenvalue weighted by atomic mass is 32.2. The van der Waals surface area contributed by atoms with Gasteiger partial charge in [0.2, 0.25) is 0 Å². The standard InChI is InChI=1S/C30H29N3O3S/c1-20-7-13-27(14-8-20)37(35,36)33(26-16-21(2)15-22(3)17-26)19-29(34)32-31-18-25-12-11-24-10-9-23-5-4-6-28(25)30(23)24/h4-8,11-18H,9-10,19H2,1-3H3,(H,32,34)/b31-18+. The minimum Gasteiger partial charge on any atom is -0.271 e. The van der Waals surface area contributed by atoms with Gasteiger partial charge in [0.25, 0.3) is 15.9 Å². The van der Waals surface area contributed by atoms with Crippen LogP contribution >= 0.6 is 0 Å². The first-order valence-electron chi connectivity index (χ1n) is 12.3. The molecule has 37 heavy (non-hydrogen) atoms. The van der Waals surface area contributed by atoms with Gasteiger partial charge in [0, 0.05) is 5.56 Å². The van der Waals surface area contributed by atoms with Gasteiger partial charge in [-0.15, -0.1) is 0 Å². The van der Waals surface area contributed by atoms with Crippen LogP contribution in [0.15, 0.2) is 82.8 Å². The molecule has 0 bridgehead atoms. The van der Waals surface area contributed by atoms with Crippen LogP contribution in [0.2, 0.25) is 0 Å². The van der Waals surface area contributed by atoms with Crippen LogP contribution in [0.1, 0.15) is 33.4 Å². The zero-order valence-electron chi connectivity index (χ0n) is 21.2. The number of carbonyl (C=O) groups is 1. The molecule has 1 aliphatic carbocycles. The van der Waals surface area contributed by atoms with Crippen molar-refractivity contribution in [3.63, 3.8) is 0 Å². The molecule has 1 N–H and O–H groups in total. The van der Waals surface area contributed by atoms with E-state index in [2.05, 4.69) is 28.7 Å². The fourth-order valence-electron chi connectivity index (χ4n) is 4.97. The van der Waals surface area contributed by atoms with Crippen molar-refractivity contribution < 1.29 is 13.2 Å². The van der Waals surface area contributed by atoms with Crippen LogP contribution in [-0.2, 0) is 27.7 Å². The zero-order valence-corrected chi connectivity index (χ0v) is 22.0. The lowest BCUT2D eigenvalue weighted by molar-refractivity contribution is -0.119. The number of nitrogens with one attached hydrogen (secondary N) is 1. The van der Waals surface area contributed by atoms with Crippen molar-refractivity contribution in [2.75, 3.05) is 10.8 Å². The van der Waals surface area contributed by atoms with Gasteiger partial charge in [0.05, 0.1) is 16.8 Å². The highest BCUT2D eigenvalue weighted by molar-refractivity contribution is 7.92. The summed E-state index contributed by atoms with van der Waals surface area (Å²) in [4.78, 5) is 13.1. The maximum Gasteiger partial charge on any atom is 0.264 e. The van der Waals surface area contributed by atoms with Crippen LogP contribution in [-0.4, -0.2) is 27.1 Å². The van der Waals surface area contributed by atoms with Crippen molar-refractivity contribution >= 4 is 38.6 Å². The van der Waals surface area contributed by atoms with Crippen molar-refractivity contribution in [2.45, 2.75) is 38.5 Å². The van der Waals surface area contributed by atoms with Gasteiger partial charge in [-0.3, -0.25) is 9.10 Å². The molecule has 5 rings (SSSR count). The monoisotopic (exact) mass is 511 g/mol. The number of hydrazone groups is 1. The van der Waals surface area contributed by atoms with Gasteiger partial charge in [-0.1, -0.05) is 54.1 Å². The van der Waals surface area contributed by atoms with Crippen LogP contribution in [0.5, 0.6) is 0 Å². The van der Waals surface area contributed by atoms with E-state index in [9.17, 15) is 13.2 Å². The largest absolute Gasteiger partial charge is 0.271 e. The van der Waals surface area contributed by atoms with E-state index in [4.69, 9.17) is 0 Å². The zero-order chi connectivity index (χ0) is 26.2. The fraction of sp³-hybridized carbons (Fsp3) is 0.200. The molecule has 1 amide bonds. The van der Waals surface area contributed by atoms with Crippen LogP contribution in [0.3, 0.4) is 0 Å². The number of amides is 1. The van der Waals surface area contributed by atoms with Crippen molar-refractivity contribution in [2.24, 2.45) is 5.10 Å². The van der Waals surface area contributed by atoms with Gasteiger partial charge in [-0.25, -0.2) is 13.8 Å². The number of hydrogen-bond donors (Lipinski definition) is 1. The Kier molecular flexibility index (Phi) is 6.56. The summed E-state index contributed by atoms with van der Waals surface area (Å²) in [5.41, 5.74) is 9.29. The normalized spacial score (nSPS) is 12.8. The number of nitrogens with zero attached hydrogens (tertiary/aromatic N) is 2. The number of sulfonamides is 1. The van der Waals surface area contributed by atoms with Gasteiger partial charge < -0.3 is 0 Å². The molecule has 0 unspecified atom stereocenters. The lowest BCUT2D eigenvalue weighted by Crippen LogP contribution is -2.39. The topological polar surface area (TPSA) is 78.8 Å². The second-order valence-corrected chi connectivity index (χ2v) is 11.5. The van der Waals surface area contributed by atoms with Gasteiger partial charge in [0.1, 0.15) is 6.54 Å². The molecule has 188 valence electrons. The lowest BCUT2D eigenvalue weighted by atomic mass is 10.0. The molecule has 0 heterocycles. The number of carbonyl (C=O) groups excluding carboxylic acids is 1. The minimum atomic E-state index is -3.99. The summed E-state index contributed by atoms with van der Waals surface area (Å²) in [6.07, 6.45) is 3.69. The molecule has 0 radical (unpaired) electrons. The number of benzene rings is 4. The molecule has 0 saturated carbocycles.